The Labute approximate surface area is 179 Å². The van der Waals surface area contributed by atoms with Crippen LogP contribution in [0.3, 0.4) is 0 Å². The Bertz CT molecular complexity index is 1120. The molecule has 1 aliphatic carbocycles. The summed E-state index contributed by atoms with van der Waals surface area (Å²) in [5.74, 6) is -1.91. The van der Waals surface area contributed by atoms with Gasteiger partial charge in [-0.1, -0.05) is 24.3 Å². The summed E-state index contributed by atoms with van der Waals surface area (Å²) in [4.78, 5) is 24.8. The third-order valence-corrected chi connectivity index (χ3v) is 5.36. The van der Waals surface area contributed by atoms with Gasteiger partial charge in [-0.3, -0.25) is 9.59 Å². The monoisotopic (exact) mass is 420 g/mol. The van der Waals surface area contributed by atoms with Gasteiger partial charge in [-0.15, -0.1) is 0 Å². The Hall–Kier alpha value is -3.54. The number of rotatable bonds is 6. The van der Waals surface area contributed by atoms with Crippen LogP contribution in [0.4, 0.5) is 8.78 Å². The number of nitrogens with one attached hydrogen (secondary N) is 2. The fraction of sp³-hybridized carbons (Fsp3) is 0.200. The normalized spacial score (nSPS) is 13.0. The Balaban J connectivity index is 1.47. The molecular formula is C25H22F2N2O2. The molecule has 0 bridgehead atoms. The fourth-order valence-corrected chi connectivity index (χ4v) is 3.34. The first-order valence-corrected chi connectivity index (χ1v) is 10.2. The lowest BCUT2D eigenvalue weighted by Gasteiger charge is -2.11. The smallest absolute Gasteiger partial charge is 0.251 e. The average Bonchev–Trinajstić information content (AvgIpc) is 3.57. The molecule has 3 aromatic carbocycles. The van der Waals surface area contributed by atoms with Gasteiger partial charge in [-0.25, -0.2) is 8.78 Å². The number of carbonyl (C=O) groups excluding carboxylic acids is 2. The molecule has 0 spiro atoms. The van der Waals surface area contributed by atoms with Crippen LogP contribution in [-0.2, 0) is 6.54 Å². The lowest BCUT2D eigenvalue weighted by molar-refractivity contribution is 0.0942. The minimum atomic E-state index is -0.697. The Kier molecular flexibility index (Phi) is 5.80. The first kappa shape index (κ1) is 20.7. The van der Waals surface area contributed by atoms with Crippen LogP contribution in [0.2, 0.25) is 0 Å². The third-order valence-electron chi connectivity index (χ3n) is 5.36. The molecular weight excluding hydrogens is 398 g/mol. The first-order chi connectivity index (χ1) is 14.9. The lowest BCUT2D eigenvalue weighted by atomic mass is 9.97. The van der Waals surface area contributed by atoms with E-state index in [4.69, 9.17) is 0 Å². The van der Waals surface area contributed by atoms with E-state index in [0.29, 0.717) is 11.1 Å². The first-order valence-electron chi connectivity index (χ1n) is 10.2. The molecule has 0 heterocycles. The second kappa shape index (κ2) is 8.68. The zero-order chi connectivity index (χ0) is 22.0. The summed E-state index contributed by atoms with van der Waals surface area (Å²) < 4.78 is 27.4. The molecule has 0 atom stereocenters. The largest absolute Gasteiger partial charge is 0.349 e. The van der Waals surface area contributed by atoms with Crippen LogP contribution in [0.25, 0.3) is 11.1 Å². The van der Waals surface area contributed by atoms with E-state index in [9.17, 15) is 18.4 Å². The molecule has 31 heavy (non-hydrogen) atoms. The Morgan fingerprint density at radius 3 is 2.19 bits per heavy atom. The van der Waals surface area contributed by atoms with Crippen molar-refractivity contribution in [3.8, 4) is 11.1 Å². The van der Waals surface area contributed by atoms with E-state index >= 15 is 0 Å². The van der Waals surface area contributed by atoms with Gasteiger partial charge in [0, 0.05) is 29.3 Å². The summed E-state index contributed by atoms with van der Waals surface area (Å²) in [7, 11) is 0. The van der Waals surface area contributed by atoms with Crippen molar-refractivity contribution in [3.05, 3.63) is 94.6 Å². The van der Waals surface area contributed by atoms with Gasteiger partial charge in [0.1, 0.15) is 11.6 Å². The van der Waals surface area contributed by atoms with Crippen LogP contribution < -0.4 is 10.6 Å². The van der Waals surface area contributed by atoms with Gasteiger partial charge in [-0.05, 0) is 72.9 Å². The minimum absolute atomic E-state index is 0.0832. The number of halogens is 2. The van der Waals surface area contributed by atoms with Crippen molar-refractivity contribution in [1.29, 1.82) is 0 Å². The van der Waals surface area contributed by atoms with Crippen LogP contribution in [0.15, 0.2) is 60.7 Å². The highest BCUT2D eigenvalue weighted by molar-refractivity contribution is 5.97. The van der Waals surface area contributed by atoms with Gasteiger partial charge < -0.3 is 10.6 Å². The Morgan fingerprint density at radius 1 is 0.903 bits per heavy atom. The molecule has 0 aromatic heterocycles. The van der Waals surface area contributed by atoms with Gasteiger partial charge in [-0.2, -0.15) is 0 Å². The number of hydrogen-bond acceptors (Lipinski definition) is 2. The van der Waals surface area contributed by atoms with Crippen LogP contribution in [-0.4, -0.2) is 17.9 Å². The molecule has 1 fully saturated rings. The van der Waals surface area contributed by atoms with Crippen molar-refractivity contribution in [3.63, 3.8) is 0 Å². The molecule has 4 rings (SSSR count). The maximum absolute atomic E-state index is 13.7. The van der Waals surface area contributed by atoms with E-state index in [0.717, 1.165) is 41.7 Å². The number of benzene rings is 3. The second-order valence-corrected chi connectivity index (χ2v) is 7.74. The van der Waals surface area contributed by atoms with E-state index in [1.54, 1.807) is 30.3 Å². The Morgan fingerprint density at radius 2 is 1.55 bits per heavy atom. The zero-order valence-electron chi connectivity index (χ0n) is 17.0. The number of aryl methyl sites for hydroxylation is 1. The minimum Gasteiger partial charge on any atom is -0.349 e. The molecule has 0 saturated heterocycles. The molecule has 158 valence electrons. The summed E-state index contributed by atoms with van der Waals surface area (Å²) in [6.45, 7) is 1.72. The molecule has 3 aromatic rings. The van der Waals surface area contributed by atoms with Crippen LogP contribution >= 0.6 is 0 Å². The highest BCUT2D eigenvalue weighted by Gasteiger charge is 2.24. The topological polar surface area (TPSA) is 58.2 Å². The predicted molar refractivity (Wildman–Crippen MR) is 115 cm³/mol. The maximum atomic E-state index is 13.7. The second-order valence-electron chi connectivity index (χ2n) is 7.74. The SMILES string of the molecule is Cc1ccc(C(=O)NC2CC2)cc1-c1ccc(C(=O)NCc2c(F)cccc2F)cc1. The standard InChI is InChI=1S/C25H22F2N2O2/c1-15-5-6-18(25(31)29-19-11-12-19)13-20(15)16-7-9-17(10-8-16)24(30)28-14-21-22(26)3-2-4-23(21)27/h2-10,13,19H,11-12,14H2,1H3,(H,28,30)(H,29,31). The van der Waals surface area contributed by atoms with Gasteiger partial charge >= 0.3 is 0 Å². The summed E-state index contributed by atoms with van der Waals surface area (Å²) in [6, 6.07) is 16.3. The van der Waals surface area contributed by atoms with Crippen molar-refractivity contribution < 1.29 is 18.4 Å². The molecule has 2 amide bonds. The predicted octanol–water partition coefficient (Wildman–Crippen LogP) is 4.76. The molecule has 0 unspecified atom stereocenters. The van der Waals surface area contributed by atoms with Gasteiger partial charge in [0.2, 0.25) is 0 Å². The van der Waals surface area contributed by atoms with E-state index in [-0.39, 0.29) is 24.1 Å². The summed E-state index contributed by atoms with van der Waals surface area (Å²) in [5, 5.41) is 5.53. The van der Waals surface area contributed by atoms with Crippen LogP contribution in [0, 0.1) is 18.6 Å². The van der Waals surface area contributed by atoms with Crippen molar-refractivity contribution in [2.75, 3.05) is 0 Å². The van der Waals surface area contributed by atoms with Crippen molar-refractivity contribution in [1.82, 2.24) is 10.6 Å². The number of carbonyl (C=O) groups is 2. The van der Waals surface area contributed by atoms with Crippen molar-refractivity contribution in [2.24, 2.45) is 0 Å². The zero-order valence-corrected chi connectivity index (χ0v) is 17.0. The molecule has 2 N–H and O–H groups in total. The summed E-state index contributed by atoms with van der Waals surface area (Å²) >= 11 is 0. The van der Waals surface area contributed by atoms with Crippen LogP contribution in [0.1, 0.15) is 44.7 Å². The third kappa shape index (κ3) is 4.79. The highest BCUT2D eigenvalue weighted by Crippen LogP contribution is 2.26. The van der Waals surface area contributed by atoms with E-state index in [1.807, 2.05) is 19.1 Å². The van der Waals surface area contributed by atoms with Gasteiger partial charge in [0.05, 0.1) is 0 Å². The van der Waals surface area contributed by atoms with Gasteiger partial charge in [0.25, 0.3) is 11.8 Å². The highest BCUT2D eigenvalue weighted by atomic mass is 19.1. The number of amides is 2. The van der Waals surface area contributed by atoms with E-state index < -0.39 is 17.5 Å². The molecule has 6 heteroatoms. The summed E-state index contributed by atoms with van der Waals surface area (Å²) in [6.07, 6.45) is 2.05. The lowest BCUT2D eigenvalue weighted by Crippen LogP contribution is -2.25. The average molecular weight is 420 g/mol. The van der Waals surface area contributed by atoms with Crippen molar-refractivity contribution in [2.45, 2.75) is 32.4 Å². The molecule has 4 nitrogen and oxygen atoms in total. The van der Waals surface area contributed by atoms with Crippen LogP contribution in [0.5, 0.6) is 0 Å². The quantitative estimate of drug-likeness (QED) is 0.604. The van der Waals surface area contributed by atoms with Crippen molar-refractivity contribution >= 4 is 11.8 Å². The molecule has 0 aliphatic heterocycles. The fourth-order valence-electron chi connectivity index (χ4n) is 3.34. The molecule has 1 saturated carbocycles. The van der Waals surface area contributed by atoms with E-state index in [1.165, 1.54) is 6.07 Å². The summed E-state index contributed by atoms with van der Waals surface area (Å²) in [5.41, 5.74) is 3.58. The molecule has 1 aliphatic rings. The van der Waals surface area contributed by atoms with E-state index in [2.05, 4.69) is 10.6 Å². The number of hydrogen-bond donors (Lipinski definition) is 2. The molecule has 0 radical (unpaired) electrons. The maximum Gasteiger partial charge on any atom is 0.251 e. The van der Waals surface area contributed by atoms with Gasteiger partial charge in [0.15, 0.2) is 0 Å².